The minimum Gasteiger partial charge on any atom is -0.256 e. The fourth-order valence-corrected chi connectivity index (χ4v) is 10.3. The standard InChI is InChI=1S/C53H32N2S/c1-2-13-40-42(15-3-1)51-38(12-9-27-54-51)31-47(40)36-23-24-39-35(29-36)22-20-32-19-21-34(30-46(32)39)33-10-8-11-37(28-33)52-45-26-25-43-41-14-5-7-18-49(41)56-53(43)50(45)44-16-4-6-17-48(44)55-52/h1-14,16-31H,15H2. The van der Waals surface area contributed by atoms with Crippen LogP contribution in [0.15, 0.2) is 176 Å². The van der Waals surface area contributed by atoms with Crippen LogP contribution >= 0.6 is 11.3 Å². The van der Waals surface area contributed by atoms with Crippen molar-refractivity contribution in [1.29, 1.82) is 0 Å². The summed E-state index contributed by atoms with van der Waals surface area (Å²) in [5.74, 6) is 0. The van der Waals surface area contributed by atoms with Crippen LogP contribution in [-0.2, 0) is 6.42 Å². The molecule has 0 saturated carbocycles. The molecule has 8 aromatic carbocycles. The molecule has 56 heavy (non-hydrogen) atoms. The van der Waals surface area contributed by atoms with Crippen molar-refractivity contribution in [3.63, 3.8) is 0 Å². The number of pyridine rings is 2. The molecule has 0 unspecified atom stereocenters. The molecular formula is C53H32N2S. The number of hydrogen-bond acceptors (Lipinski definition) is 3. The molecule has 0 radical (unpaired) electrons. The molecule has 3 heterocycles. The topological polar surface area (TPSA) is 25.8 Å². The molecule has 2 nitrogen and oxygen atoms in total. The Labute approximate surface area is 327 Å². The summed E-state index contributed by atoms with van der Waals surface area (Å²) in [7, 11) is 0. The Kier molecular flexibility index (Phi) is 6.89. The van der Waals surface area contributed by atoms with E-state index >= 15 is 0 Å². The number of rotatable bonds is 3. The fourth-order valence-electron chi connectivity index (χ4n) is 9.05. The van der Waals surface area contributed by atoms with Crippen molar-refractivity contribution in [2.45, 2.75) is 6.42 Å². The van der Waals surface area contributed by atoms with Gasteiger partial charge in [-0.1, -0.05) is 133 Å². The molecule has 0 bridgehead atoms. The van der Waals surface area contributed by atoms with Gasteiger partial charge in [-0.2, -0.15) is 0 Å². The van der Waals surface area contributed by atoms with Crippen LogP contribution in [-0.4, -0.2) is 9.97 Å². The highest BCUT2D eigenvalue weighted by molar-refractivity contribution is 7.26. The van der Waals surface area contributed by atoms with E-state index in [9.17, 15) is 0 Å². The highest BCUT2D eigenvalue weighted by atomic mass is 32.1. The van der Waals surface area contributed by atoms with Gasteiger partial charge in [-0.05, 0) is 104 Å². The highest BCUT2D eigenvalue weighted by Gasteiger charge is 2.18. The fraction of sp³-hybridized carbons (Fsp3) is 0.0189. The molecule has 0 spiro atoms. The molecule has 3 heteroatoms. The second-order valence-electron chi connectivity index (χ2n) is 14.8. The van der Waals surface area contributed by atoms with E-state index < -0.39 is 0 Å². The summed E-state index contributed by atoms with van der Waals surface area (Å²) in [6.07, 6.45) is 11.5. The van der Waals surface area contributed by atoms with Gasteiger partial charge < -0.3 is 0 Å². The molecule has 3 aromatic heterocycles. The molecule has 0 N–H and O–H groups in total. The Hall–Kier alpha value is -6.94. The van der Waals surface area contributed by atoms with Crippen LogP contribution < -0.4 is 0 Å². The third kappa shape index (κ3) is 4.81. The van der Waals surface area contributed by atoms with E-state index in [0.717, 1.165) is 28.7 Å². The van der Waals surface area contributed by atoms with Crippen LogP contribution in [0, 0.1) is 0 Å². The molecule has 0 aliphatic heterocycles. The number of aromatic nitrogens is 2. The predicted molar refractivity (Wildman–Crippen MR) is 241 cm³/mol. The van der Waals surface area contributed by atoms with E-state index in [-0.39, 0.29) is 0 Å². The summed E-state index contributed by atoms with van der Waals surface area (Å²) >= 11 is 1.88. The number of nitrogens with zero attached hydrogens (tertiary/aromatic N) is 2. The minimum atomic E-state index is 0.870. The van der Waals surface area contributed by atoms with Crippen LogP contribution in [0.2, 0.25) is 0 Å². The Bertz CT molecular complexity index is 3510. The Balaban J connectivity index is 0.996. The number of fused-ring (bicyclic) bond motifs is 13. The third-order valence-electron chi connectivity index (χ3n) is 11.7. The lowest BCUT2D eigenvalue weighted by Gasteiger charge is -2.15. The van der Waals surface area contributed by atoms with Crippen LogP contribution in [0.5, 0.6) is 0 Å². The minimum absolute atomic E-state index is 0.870. The first-order chi connectivity index (χ1) is 27.7. The molecule has 0 atom stereocenters. The molecule has 0 amide bonds. The van der Waals surface area contributed by atoms with Gasteiger partial charge in [-0.3, -0.25) is 4.98 Å². The number of para-hydroxylation sites is 1. The maximum absolute atomic E-state index is 5.34. The molecule has 12 rings (SSSR count). The van der Waals surface area contributed by atoms with E-state index in [1.165, 1.54) is 96.6 Å². The quantitative estimate of drug-likeness (QED) is 0.169. The summed E-state index contributed by atoms with van der Waals surface area (Å²) in [5, 5.41) is 12.4. The summed E-state index contributed by atoms with van der Waals surface area (Å²) in [6.45, 7) is 0. The van der Waals surface area contributed by atoms with E-state index in [0.29, 0.717) is 0 Å². The monoisotopic (exact) mass is 728 g/mol. The summed E-state index contributed by atoms with van der Waals surface area (Å²) in [6, 6.07) is 55.8. The molecule has 1 aliphatic carbocycles. The van der Waals surface area contributed by atoms with Gasteiger partial charge in [0.15, 0.2) is 0 Å². The first kappa shape index (κ1) is 31.4. The van der Waals surface area contributed by atoms with Crippen molar-refractivity contribution in [2.75, 3.05) is 0 Å². The van der Waals surface area contributed by atoms with Gasteiger partial charge in [0.25, 0.3) is 0 Å². The molecule has 11 aromatic rings. The van der Waals surface area contributed by atoms with Crippen molar-refractivity contribution in [3.8, 4) is 33.5 Å². The first-order valence-electron chi connectivity index (χ1n) is 19.2. The largest absolute Gasteiger partial charge is 0.256 e. The van der Waals surface area contributed by atoms with Crippen LogP contribution in [0.25, 0.3) is 114 Å². The van der Waals surface area contributed by atoms with Gasteiger partial charge in [0, 0.05) is 53.5 Å². The Morgan fingerprint density at radius 3 is 2.29 bits per heavy atom. The number of thiophene rings is 1. The zero-order chi connectivity index (χ0) is 36.7. The van der Waals surface area contributed by atoms with Gasteiger partial charge in [0.1, 0.15) is 0 Å². The lowest BCUT2D eigenvalue weighted by molar-refractivity contribution is 1.26. The average molecular weight is 729 g/mol. The number of benzene rings is 8. The molecule has 0 saturated heterocycles. The second kappa shape index (κ2) is 12.3. The SMILES string of the molecule is C1=CCc2c(c(-c3ccc4c(ccc5ccc(-c6cccc(-c7nc8ccccc8c8c7ccc7c9ccccc9sc78)c6)cc54)c3)cc3cccnc23)C=C1. The summed E-state index contributed by atoms with van der Waals surface area (Å²) in [5.41, 5.74) is 11.6. The van der Waals surface area contributed by atoms with Crippen molar-refractivity contribution in [2.24, 2.45) is 0 Å². The first-order valence-corrected chi connectivity index (χ1v) is 20.0. The summed E-state index contributed by atoms with van der Waals surface area (Å²) in [4.78, 5) is 10.1. The van der Waals surface area contributed by atoms with Crippen molar-refractivity contribution < 1.29 is 0 Å². The lowest BCUT2D eigenvalue weighted by Crippen LogP contribution is -1.95. The van der Waals surface area contributed by atoms with Gasteiger partial charge in [-0.15, -0.1) is 11.3 Å². The van der Waals surface area contributed by atoms with Gasteiger partial charge in [0.05, 0.1) is 16.7 Å². The van der Waals surface area contributed by atoms with E-state index in [4.69, 9.17) is 9.97 Å². The molecule has 260 valence electrons. The number of hydrogen-bond donors (Lipinski definition) is 0. The molecular weight excluding hydrogens is 697 g/mol. The molecule has 0 fully saturated rings. The van der Waals surface area contributed by atoms with Crippen LogP contribution in [0.1, 0.15) is 11.1 Å². The second-order valence-corrected chi connectivity index (χ2v) is 15.9. The zero-order valence-corrected chi connectivity index (χ0v) is 31.1. The lowest BCUT2D eigenvalue weighted by atomic mass is 9.89. The third-order valence-corrected chi connectivity index (χ3v) is 12.9. The predicted octanol–water partition coefficient (Wildman–Crippen LogP) is 14.7. The van der Waals surface area contributed by atoms with Crippen molar-refractivity contribution >= 4 is 91.7 Å². The van der Waals surface area contributed by atoms with Gasteiger partial charge >= 0.3 is 0 Å². The van der Waals surface area contributed by atoms with Crippen molar-refractivity contribution in [1.82, 2.24) is 9.97 Å². The normalized spacial score (nSPS) is 12.8. The Morgan fingerprint density at radius 2 is 1.30 bits per heavy atom. The van der Waals surface area contributed by atoms with Crippen LogP contribution in [0.4, 0.5) is 0 Å². The summed E-state index contributed by atoms with van der Waals surface area (Å²) < 4.78 is 2.64. The van der Waals surface area contributed by atoms with Crippen LogP contribution in [0.3, 0.4) is 0 Å². The van der Waals surface area contributed by atoms with E-state index in [1.54, 1.807) is 0 Å². The maximum Gasteiger partial charge on any atom is 0.0788 e. The molecule has 1 aliphatic rings. The van der Waals surface area contributed by atoms with Crippen molar-refractivity contribution in [3.05, 3.63) is 187 Å². The highest BCUT2D eigenvalue weighted by Crippen LogP contribution is 2.44. The maximum atomic E-state index is 5.34. The van der Waals surface area contributed by atoms with E-state index in [2.05, 4.69) is 170 Å². The number of allylic oxidation sites excluding steroid dienone is 3. The Morgan fingerprint density at radius 1 is 0.500 bits per heavy atom. The zero-order valence-electron chi connectivity index (χ0n) is 30.3. The van der Waals surface area contributed by atoms with Gasteiger partial charge in [-0.25, -0.2) is 4.98 Å². The average Bonchev–Trinajstić information content (AvgIpc) is 3.46. The van der Waals surface area contributed by atoms with E-state index in [1.807, 2.05) is 23.6 Å². The van der Waals surface area contributed by atoms with Gasteiger partial charge in [0.2, 0.25) is 0 Å². The smallest absolute Gasteiger partial charge is 0.0788 e.